The molecule has 0 saturated carbocycles. The molecule has 8 heteroatoms. The highest BCUT2D eigenvalue weighted by Crippen LogP contribution is 2.26. The monoisotopic (exact) mass is 351 g/mol. The van der Waals surface area contributed by atoms with E-state index in [0.717, 1.165) is 16.2 Å². The molecule has 0 radical (unpaired) electrons. The second-order valence-corrected chi connectivity index (χ2v) is 6.54. The number of benzene rings is 1. The number of para-hydroxylation sites is 1. The SMILES string of the molecule is CCOC(=O)c1sc(NC(=O)CSc2ccccc2N)nc1C. The lowest BCUT2D eigenvalue weighted by Gasteiger charge is -2.04. The summed E-state index contributed by atoms with van der Waals surface area (Å²) in [5.41, 5.74) is 7.01. The van der Waals surface area contributed by atoms with Gasteiger partial charge in [0.25, 0.3) is 0 Å². The molecule has 2 rings (SSSR count). The molecule has 23 heavy (non-hydrogen) atoms. The largest absolute Gasteiger partial charge is 0.462 e. The van der Waals surface area contributed by atoms with Gasteiger partial charge in [-0.05, 0) is 26.0 Å². The van der Waals surface area contributed by atoms with E-state index in [1.807, 2.05) is 18.2 Å². The minimum atomic E-state index is -0.422. The Morgan fingerprint density at radius 3 is 2.83 bits per heavy atom. The van der Waals surface area contributed by atoms with Gasteiger partial charge in [-0.25, -0.2) is 9.78 Å². The van der Waals surface area contributed by atoms with Gasteiger partial charge < -0.3 is 15.8 Å². The lowest BCUT2D eigenvalue weighted by atomic mass is 10.3. The summed E-state index contributed by atoms with van der Waals surface area (Å²) in [6.45, 7) is 3.74. The summed E-state index contributed by atoms with van der Waals surface area (Å²) in [6.07, 6.45) is 0. The highest BCUT2D eigenvalue weighted by atomic mass is 32.2. The highest BCUT2D eigenvalue weighted by molar-refractivity contribution is 8.00. The fourth-order valence-corrected chi connectivity index (χ4v) is 3.39. The summed E-state index contributed by atoms with van der Waals surface area (Å²) in [7, 11) is 0. The van der Waals surface area contributed by atoms with E-state index in [0.29, 0.717) is 28.0 Å². The van der Waals surface area contributed by atoms with Gasteiger partial charge in [0.2, 0.25) is 5.91 Å². The first kappa shape index (κ1) is 17.3. The van der Waals surface area contributed by atoms with E-state index in [-0.39, 0.29) is 11.7 Å². The summed E-state index contributed by atoms with van der Waals surface area (Å²) in [5, 5.41) is 3.08. The van der Waals surface area contributed by atoms with Gasteiger partial charge in [-0.1, -0.05) is 23.5 Å². The summed E-state index contributed by atoms with van der Waals surface area (Å²) in [4.78, 5) is 29.2. The topological polar surface area (TPSA) is 94.3 Å². The molecule has 0 fully saturated rings. The molecule has 2 aromatic rings. The number of esters is 1. The van der Waals surface area contributed by atoms with E-state index < -0.39 is 5.97 Å². The number of nitrogens with zero attached hydrogens (tertiary/aromatic N) is 1. The zero-order chi connectivity index (χ0) is 16.8. The van der Waals surface area contributed by atoms with Crippen molar-refractivity contribution in [2.24, 2.45) is 0 Å². The van der Waals surface area contributed by atoms with Crippen molar-refractivity contribution < 1.29 is 14.3 Å². The van der Waals surface area contributed by atoms with Gasteiger partial charge in [0.1, 0.15) is 4.88 Å². The van der Waals surface area contributed by atoms with Gasteiger partial charge in [-0.3, -0.25) is 4.79 Å². The fraction of sp³-hybridized carbons (Fsp3) is 0.267. The van der Waals surface area contributed by atoms with Crippen LogP contribution in [0.1, 0.15) is 22.3 Å². The lowest BCUT2D eigenvalue weighted by molar-refractivity contribution is -0.113. The molecule has 0 atom stereocenters. The molecule has 0 aliphatic carbocycles. The van der Waals surface area contributed by atoms with Gasteiger partial charge in [0.05, 0.1) is 18.1 Å². The van der Waals surface area contributed by atoms with Crippen LogP contribution >= 0.6 is 23.1 Å². The van der Waals surface area contributed by atoms with Crippen molar-refractivity contribution in [3.05, 3.63) is 34.8 Å². The molecular weight excluding hydrogens is 334 g/mol. The number of amides is 1. The smallest absolute Gasteiger partial charge is 0.350 e. The molecular formula is C15H17N3O3S2. The van der Waals surface area contributed by atoms with Crippen LogP contribution in [0.4, 0.5) is 10.8 Å². The van der Waals surface area contributed by atoms with Crippen molar-refractivity contribution >= 4 is 45.8 Å². The zero-order valence-corrected chi connectivity index (χ0v) is 14.4. The lowest BCUT2D eigenvalue weighted by Crippen LogP contribution is -2.13. The molecule has 1 aromatic carbocycles. The average molecular weight is 351 g/mol. The number of hydrogen-bond acceptors (Lipinski definition) is 7. The van der Waals surface area contributed by atoms with Crippen LogP contribution in [0.25, 0.3) is 0 Å². The van der Waals surface area contributed by atoms with Crippen molar-refractivity contribution in [2.75, 3.05) is 23.4 Å². The summed E-state index contributed by atoms with van der Waals surface area (Å²) < 4.78 is 4.95. The van der Waals surface area contributed by atoms with Crippen molar-refractivity contribution in [3.8, 4) is 0 Å². The second-order valence-electron chi connectivity index (χ2n) is 4.53. The molecule has 3 N–H and O–H groups in total. The Morgan fingerprint density at radius 1 is 1.39 bits per heavy atom. The van der Waals surface area contributed by atoms with Crippen LogP contribution in [-0.4, -0.2) is 29.2 Å². The molecule has 0 unspecified atom stereocenters. The van der Waals surface area contributed by atoms with Crippen LogP contribution in [0, 0.1) is 6.92 Å². The predicted molar refractivity (Wildman–Crippen MR) is 93.0 cm³/mol. The molecule has 6 nitrogen and oxygen atoms in total. The summed E-state index contributed by atoms with van der Waals surface area (Å²) >= 11 is 2.46. The van der Waals surface area contributed by atoms with Gasteiger partial charge in [-0.2, -0.15) is 0 Å². The number of rotatable bonds is 6. The molecule has 0 saturated heterocycles. The number of carbonyl (C=O) groups excluding carboxylic acids is 2. The summed E-state index contributed by atoms with van der Waals surface area (Å²) in [5.74, 6) is -0.418. The first-order valence-corrected chi connectivity index (χ1v) is 8.73. The van der Waals surface area contributed by atoms with E-state index in [1.54, 1.807) is 19.9 Å². The van der Waals surface area contributed by atoms with E-state index in [4.69, 9.17) is 10.5 Å². The van der Waals surface area contributed by atoms with Gasteiger partial charge >= 0.3 is 5.97 Å². The third kappa shape index (κ3) is 4.70. The average Bonchev–Trinajstić information content (AvgIpc) is 2.87. The first-order chi connectivity index (χ1) is 11.0. The maximum atomic E-state index is 12.0. The maximum absolute atomic E-state index is 12.0. The normalized spacial score (nSPS) is 10.3. The molecule has 1 aromatic heterocycles. The van der Waals surface area contributed by atoms with Gasteiger partial charge in [-0.15, -0.1) is 11.8 Å². The van der Waals surface area contributed by atoms with Crippen LogP contribution in [0.3, 0.4) is 0 Å². The first-order valence-electron chi connectivity index (χ1n) is 6.93. The van der Waals surface area contributed by atoms with Crippen LogP contribution in [0.15, 0.2) is 29.2 Å². The van der Waals surface area contributed by atoms with Crippen LogP contribution in [-0.2, 0) is 9.53 Å². The number of nitrogens with one attached hydrogen (secondary N) is 1. The van der Waals surface area contributed by atoms with Crippen molar-refractivity contribution in [1.82, 2.24) is 4.98 Å². The van der Waals surface area contributed by atoms with Crippen LogP contribution < -0.4 is 11.1 Å². The van der Waals surface area contributed by atoms with Gasteiger partial charge in [0, 0.05) is 10.6 Å². The van der Waals surface area contributed by atoms with Crippen LogP contribution in [0.2, 0.25) is 0 Å². The summed E-state index contributed by atoms with van der Waals surface area (Å²) in [6, 6.07) is 7.36. The number of thioether (sulfide) groups is 1. The Labute approximate surface area is 142 Å². The standard InChI is InChI=1S/C15H17N3O3S2/c1-3-21-14(20)13-9(2)17-15(23-13)18-12(19)8-22-11-7-5-4-6-10(11)16/h4-7H,3,8,16H2,1-2H3,(H,17,18,19). The number of nitrogens with two attached hydrogens (primary N) is 1. The van der Waals surface area contributed by atoms with Crippen molar-refractivity contribution in [1.29, 1.82) is 0 Å². The molecule has 0 aliphatic rings. The Morgan fingerprint density at radius 2 is 2.13 bits per heavy atom. The quantitative estimate of drug-likeness (QED) is 0.472. The Hall–Kier alpha value is -2.06. The minimum Gasteiger partial charge on any atom is -0.462 e. The minimum absolute atomic E-state index is 0.206. The van der Waals surface area contributed by atoms with Crippen LogP contribution in [0.5, 0.6) is 0 Å². The number of ether oxygens (including phenoxy) is 1. The van der Waals surface area contributed by atoms with E-state index >= 15 is 0 Å². The molecule has 0 bridgehead atoms. The molecule has 1 heterocycles. The Balaban J connectivity index is 1.94. The highest BCUT2D eigenvalue weighted by Gasteiger charge is 2.17. The number of thiazole rings is 1. The van der Waals surface area contributed by atoms with Crippen molar-refractivity contribution in [2.45, 2.75) is 18.7 Å². The van der Waals surface area contributed by atoms with E-state index in [9.17, 15) is 9.59 Å². The van der Waals surface area contributed by atoms with Crippen molar-refractivity contribution in [3.63, 3.8) is 0 Å². The fourth-order valence-electron chi connectivity index (χ4n) is 1.75. The zero-order valence-electron chi connectivity index (χ0n) is 12.8. The predicted octanol–water partition coefficient (Wildman–Crippen LogP) is 2.94. The number of nitrogen functional groups attached to an aromatic ring is 1. The maximum Gasteiger partial charge on any atom is 0.350 e. The number of aromatic nitrogens is 1. The number of carbonyl (C=O) groups is 2. The molecule has 1 amide bonds. The number of hydrogen-bond donors (Lipinski definition) is 2. The third-order valence-corrected chi connectivity index (χ3v) is 4.92. The molecule has 122 valence electrons. The Bertz CT molecular complexity index is 716. The molecule has 0 aliphatic heterocycles. The van der Waals surface area contributed by atoms with Gasteiger partial charge in [0.15, 0.2) is 5.13 Å². The number of aryl methyl sites for hydroxylation is 1. The number of anilines is 2. The molecule has 0 spiro atoms. The van der Waals surface area contributed by atoms with E-state index in [1.165, 1.54) is 11.8 Å². The Kier molecular flexibility index (Phi) is 6.00. The third-order valence-electron chi connectivity index (χ3n) is 2.78. The van der Waals surface area contributed by atoms with E-state index in [2.05, 4.69) is 10.3 Å². The second kappa shape index (κ2) is 7.98.